The molecule has 9 nitrogen and oxygen atoms in total. The average molecular weight is 329 g/mol. The van der Waals surface area contributed by atoms with Gasteiger partial charge in [-0.1, -0.05) is 6.07 Å². The summed E-state index contributed by atoms with van der Waals surface area (Å²) < 4.78 is 31.8. The Balaban J connectivity index is 2.01. The summed E-state index contributed by atoms with van der Waals surface area (Å²) in [6.07, 6.45) is -0.206. The van der Waals surface area contributed by atoms with E-state index in [-0.39, 0.29) is 17.1 Å². The number of nitro groups is 1. The van der Waals surface area contributed by atoms with Crippen molar-refractivity contribution in [1.29, 1.82) is 0 Å². The van der Waals surface area contributed by atoms with Crippen molar-refractivity contribution in [2.24, 2.45) is 5.73 Å². The predicted octanol–water partition coefficient (Wildman–Crippen LogP) is -0.0940. The highest BCUT2D eigenvalue weighted by Gasteiger charge is 2.30. The lowest BCUT2D eigenvalue weighted by Gasteiger charge is -2.13. The second kappa shape index (κ2) is 6.38. The van der Waals surface area contributed by atoms with E-state index in [9.17, 15) is 23.3 Å². The first kappa shape index (κ1) is 16.3. The molecule has 1 aromatic rings. The summed E-state index contributed by atoms with van der Waals surface area (Å²) in [5, 5.41) is 10.7. The molecule has 1 aliphatic heterocycles. The van der Waals surface area contributed by atoms with E-state index in [0.29, 0.717) is 12.8 Å². The zero-order valence-corrected chi connectivity index (χ0v) is 12.3. The molecule has 1 saturated heterocycles. The van der Waals surface area contributed by atoms with Gasteiger partial charge < -0.3 is 10.5 Å². The van der Waals surface area contributed by atoms with Gasteiger partial charge in [-0.2, -0.15) is 0 Å². The molecular formula is C12H15N3O6S. The largest absolute Gasteiger partial charge is 0.367 e. The van der Waals surface area contributed by atoms with Gasteiger partial charge in [0, 0.05) is 18.7 Å². The number of sulfonamides is 1. The molecule has 1 amide bonds. The first-order chi connectivity index (χ1) is 10.3. The van der Waals surface area contributed by atoms with Crippen molar-refractivity contribution in [3.8, 4) is 0 Å². The first-order valence-electron chi connectivity index (χ1n) is 6.48. The maximum atomic E-state index is 12.1. The van der Waals surface area contributed by atoms with Crippen LogP contribution in [-0.4, -0.2) is 38.0 Å². The summed E-state index contributed by atoms with van der Waals surface area (Å²) in [5.41, 5.74) is 4.80. The Kier molecular flexibility index (Phi) is 4.74. The molecule has 0 unspecified atom stereocenters. The van der Waals surface area contributed by atoms with E-state index in [1.54, 1.807) is 0 Å². The molecule has 1 heterocycles. The van der Waals surface area contributed by atoms with Crippen molar-refractivity contribution >= 4 is 21.6 Å². The molecule has 0 aliphatic carbocycles. The lowest BCUT2D eigenvalue weighted by molar-refractivity contribution is -0.385. The second-order valence-corrected chi connectivity index (χ2v) is 6.60. The molecule has 0 aromatic heterocycles. The highest BCUT2D eigenvalue weighted by molar-refractivity contribution is 7.89. The number of rotatable bonds is 6. The van der Waals surface area contributed by atoms with Crippen LogP contribution in [0, 0.1) is 10.1 Å². The minimum Gasteiger partial charge on any atom is -0.367 e. The Morgan fingerprint density at radius 2 is 2.18 bits per heavy atom. The third-order valence-corrected chi connectivity index (χ3v) is 4.69. The van der Waals surface area contributed by atoms with Crippen LogP contribution in [-0.2, 0) is 19.6 Å². The van der Waals surface area contributed by atoms with Crippen LogP contribution in [0.25, 0.3) is 0 Å². The van der Waals surface area contributed by atoms with Gasteiger partial charge in [0.2, 0.25) is 15.9 Å². The van der Waals surface area contributed by atoms with Crippen LogP contribution in [0.15, 0.2) is 29.2 Å². The van der Waals surface area contributed by atoms with Crippen molar-refractivity contribution < 1.29 is 22.9 Å². The molecule has 3 N–H and O–H groups in total. The molecule has 1 fully saturated rings. The summed E-state index contributed by atoms with van der Waals surface area (Å²) in [6, 6.07) is 4.74. The number of nitrogens with two attached hydrogens (primary N) is 1. The number of nitrogens with one attached hydrogen (secondary N) is 1. The smallest absolute Gasteiger partial charge is 0.270 e. The average Bonchev–Trinajstić information content (AvgIpc) is 2.94. The van der Waals surface area contributed by atoms with Gasteiger partial charge >= 0.3 is 0 Å². The Morgan fingerprint density at radius 1 is 1.45 bits per heavy atom. The molecule has 22 heavy (non-hydrogen) atoms. The van der Waals surface area contributed by atoms with Crippen molar-refractivity contribution in [2.45, 2.75) is 29.9 Å². The van der Waals surface area contributed by atoms with Crippen LogP contribution in [0.1, 0.15) is 12.8 Å². The number of carbonyl (C=O) groups is 1. The zero-order chi connectivity index (χ0) is 16.3. The lowest BCUT2D eigenvalue weighted by Crippen LogP contribution is -2.34. The van der Waals surface area contributed by atoms with E-state index >= 15 is 0 Å². The van der Waals surface area contributed by atoms with Gasteiger partial charge in [0.05, 0.1) is 15.9 Å². The summed E-state index contributed by atoms with van der Waals surface area (Å²) in [7, 11) is -3.89. The normalized spacial score (nSPS) is 21.6. The van der Waals surface area contributed by atoms with E-state index in [2.05, 4.69) is 4.72 Å². The van der Waals surface area contributed by atoms with Gasteiger partial charge in [0.25, 0.3) is 5.69 Å². The maximum absolute atomic E-state index is 12.1. The van der Waals surface area contributed by atoms with Crippen molar-refractivity contribution in [3.63, 3.8) is 0 Å². The number of hydrogen-bond acceptors (Lipinski definition) is 6. The van der Waals surface area contributed by atoms with E-state index in [4.69, 9.17) is 10.5 Å². The van der Waals surface area contributed by atoms with Crippen molar-refractivity contribution in [1.82, 2.24) is 4.72 Å². The highest BCUT2D eigenvalue weighted by atomic mass is 32.2. The Hall–Kier alpha value is -2.04. The number of nitrogens with zero attached hydrogens (tertiary/aromatic N) is 1. The number of carbonyl (C=O) groups excluding carboxylic acids is 1. The fourth-order valence-corrected chi connectivity index (χ4v) is 3.22. The molecule has 0 saturated carbocycles. The molecule has 120 valence electrons. The fourth-order valence-electron chi connectivity index (χ4n) is 2.12. The monoisotopic (exact) mass is 329 g/mol. The minimum absolute atomic E-state index is 0.0329. The second-order valence-electron chi connectivity index (χ2n) is 4.83. The molecule has 10 heteroatoms. The molecule has 2 rings (SSSR count). The van der Waals surface area contributed by atoms with Crippen LogP contribution in [0.4, 0.5) is 5.69 Å². The van der Waals surface area contributed by atoms with Gasteiger partial charge in [-0.15, -0.1) is 0 Å². The van der Waals surface area contributed by atoms with Crippen LogP contribution >= 0.6 is 0 Å². The van der Waals surface area contributed by atoms with Gasteiger partial charge in [-0.25, -0.2) is 13.1 Å². The third-order valence-electron chi connectivity index (χ3n) is 3.26. The van der Waals surface area contributed by atoms with E-state index < -0.39 is 33.1 Å². The minimum atomic E-state index is -3.89. The number of ether oxygens (including phenoxy) is 1. The third kappa shape index (κ3) is 3.78. The molecule has 0 radical (unpaired) electrons. The molecular weight excluding hydrogens is 314 g/mol. The zero-order valence-electron chi connectivity index (χ0n) is 11.5. The van der Waals surface area contributed by atoms with Crippen molar-refractivity contribution in [3.05, 3.63) is 34.4 Å². The topological polar surface area (TPSA) is 142 Å². The first-order valence-corrected chi connectivity index (χ1v) is 7.97. The SMILES string of the molecule is NC(=O)[C@H]1CC[C@@H](CNS(=O)(=O)c2cccc([N+](=O)[O-])c2)O1. The Morgan fingerprint density at radius 3 is 2.77 bits per heavy atom. The van der Waals surface area contributed by atoms with Gasteiger partial charge in [0.15, 0.2) is 0 Å². The Bertz CT molecular complexity index is 690. The number of benzene rings is 1. The standard InChI is InChI=1S/C12H15N3O6S/c13-12(16)11-5-4-9(21-11)7-14-22(19,20)10-3-1-2-8(6-10)15(17)18/h1-3,6,9,11,14H,4-5,7H2,(H2,13,16)/t9-,11+/m0/s1. The molecule has 1 aliphatic rings. The quantitative estimate of drug-likeness (QED) is 0.551. The fraction of sp³-hybridized carbons (Fsp3) is 0.417. The summed E-state index contributed by atoms with van der Waals surface area (Å²) in [4.78, 5) is 20.8. The highest BCUT2D eigenvalue weighted by Crippen LogP contribution is 2.20. The summed E-state index contributed by atoms with van der Waals surface area (Å²) in [5.74, 6) is -0.580. The number of primary amides is 1. The summed E-state index contributed by atoms with van der Waals surface area (Å²) >= 11 is 0. The number of amides is 1. The number of non-ortho nitro benzene ring substituents is 1. The predicted molar refractivity (Wildman–Crippen MR) is 75.4 cm³/mol. The molecule has 0 spiro atoms. The van der Waals surface area contributed by atoms with Crippen molar-refractivity contribution in [2.75, 3.05) is 6.54 Å². The molecule has 0 bridgehead atoms. The van der Waals surface area contributed by atoms with Crippen LogP contribution < -0.4 is 10.5 Å². The van der Waals surface area contributed by atoms with E-state index in [1.807, 2.05) is 0 Å². The van der Waals surface area contributed by atoms with E-state index in [1.165, 1.54) is 18.2 Å². The Labute approximate surface area is 126 Å². The van der Waals surface area contributed by atoms with Gasteiger partial charge in [-0.3, -0.25) is 14.9 Å². The van der Waals surface area contributed by atoms with E-state index in [0.717, 1.165) is 6.07 Å². The number of nitro benzene ring substituents is 1. The van der Waals surface area contributed by atoms with Crippen LogP contribution in [0.3, 0.4) is 0 Å². The van der Waals surface area contributed by atoms with Crippen LogP contribution in [0.2, 0.25) is 0 Å². The van der Waals surface area contributed by atoms with Gasteiger partial charge in [-0.05, 0) is 18.9 Å². The molecule has 1 aromatic carbocycles. The van der Waals surface area contributed by atoms with Crippen LogP contribution in [0.5, 0.6) is 0 Å². The lowest BCUT2D eigenvalue weighted by atomic mass is 10.2. The van der Waals surface area contributed by atoms with Gasteiger partial charge in [0.1, 0.15) is 6.10 Å². The summed E-state index contributed by atoms with van der Waals surface area (Å²) in [6.45, 7) is -0.0329. The number of hydrogen-bond donors (Lipinski definition) is 2. The maximum Gasteiger partial charge on any atom is 0.270 e. The molecule has 2 atom stereocenters.